The summed E-state index contributed by atoms with van der Waals surface area (Å²) in [5, 5.41) is 8.16. The highest BCUT2D eigenvalue weighted by Crippen LogP contribution is 2.15. The number of halogens is 3. The topological polar surface area (TPSA) is 71.0 Å². The summed E-state index contributed by atoms with van der Waals surface area (Å²) in [5.74, 6) is -0.685. The number of hydrogen-bond acceptors (Lipinski definition) is 4. The number of ether oxygens (including phenoxy) is 1. The summed E-state index contributed by atoms with van der Waals surface area (Å²) >= 11 is 0. The maximum atomic E-state index is 12.2. The zero-order valence-corrected chi connectivity index (χ0v) is 15.0. The summed E-state index contributed by atoms with van der Waals surface area (Å²) in [6.07, 6.45) is -3.83. The van der Waals surface area contributed by atoms with E-state index >= 15 is 0 Å². The Labute approximate surface area is 155 Å². The van der Waals surface area contributed by atoms with Crippen LogP contribution in [0.1, 0.15) is 31.7 Å². The molecule has 0 bridgehead atoms. The average molecular weight is 385 g/mol. The lowest BCUT2D eigenvalue weighted by Gasteiger charge is -2.15. The van der Waals surface area contributed by atoms with Crippen LogP contribution in [0.5, 0.6) is 0 Å². The van der Waals surface area contributed by atoms with Crippen molar-refractivity contribution in [2.45, 2.75) is 38.4 Å². The summed E-state index contributed by atoms with van der Waals surface area (Å²) in [5.41, 5.74) is 1.78. The average Bonchev–Trinajstić information content (AvgIpc) is 3.09. The molecule has 1 atom stereocenters. The van der Waals surface area contributed by atoms with Crippen LogP contribution in [-0.2, 0) is 14.3 Å². The molecule has 2 rings (SSSR count). The number of benzene rings is 1. The maximum Gasteiger partial charge on any atom is 0.411 e. The second kappa shape index (κ2) is 9.50. The Balaban J connectivity index is 1.71. The highest BCUT2D eigenvalue weighted by Gasteiger charge is 2.27. The Morgan fingerprint density at radius 1 is 1.26 bits per heavy atom. The Morgan fingerprint density at radius 2 is 1.96 bits per heavy atom. The smallest absolute Gasteiger partial charge is 0.370 e. The molecule has 6 nitrogen and oxygen atoms in total. The molecule has 1 aliphatic rings. The van der Waals surface area contributed by atoms with Gasteiger partial charge in [0.25, 0.3) is 0 Å². The monoisotopic (exact) mass is 385 g/mol. The zero-order chi connectivity index (χ0) is 19.9. The minimum atomic E-state index is -4.40. The number of hydrazone groups is 1. The van der Waals surface area contributed by atoms with Gasteiger partial charge in [-0.05, 0) is 12.5 Å². The van der Waals surface area contributed by atoms with Crippen LogP contribution in [0.25, 0.3) is 0 Å². The van der Waals surface area contributed by atoms with Crippen molar-refractivity contribution in [1.82, 2.24) is 10.3 Å². The van der Waals surface area contributed by atoms with Gasteiger partial charge >= 0.3 is 6.18 Å². The van der Waals surface area contributed by atoms with E-state index in [1.54, 1.807) is 0 Å². The molecule has 0 spiro atoms. The van der Waals surface area contributed by atoms with E-state index in [1.165, 1.54) is 11.9 Å². The third-order valence-electron chi connectivity index (χ3n) is 3.80. The molecular weight excluding hydrogens is 363 g/mol. The minimum absolute atomic E-state index is 0.0203. The SMILES string of the molecule is CC(COCC(F)(F)F)NC(=O)CCC(=O)N1CCC(c2ccccc2)=N1. The van der Waals surface area contributed by atoms with E-state index in [-0.39, 0.29) is 25.4 Å². The third kappa shape index (κ3) is 7.38. The van der Waals surface area contributed by atoms with Crippen molar-refractivity contribution in [2.75, 3.05) is 19.8 Å². The molecule has 1 unspecified atom stereocenters. The molecule has 1 aromatic carbocycles. The van der Waals surface area contributed by atoms with Gasteiger partial charge in [0.15, 0.2) is 0 Å². The first-order valence-corrected chi connectivity index (χ1v) is 8.62. The molecule has 27 heavy (non-hydrogen) atoms. The van der Waals surface area contributed by atoms with E-state index in [1.807, 2.05) is 30.3 Å². The van der Waals surface area contributed by atoms with E-state index in [0.29, 0.717) is 13.0 Å². The molecular formula is C18H22F3N3O3. The van der Waals surface area contributed by atoms with Gasteiger partial charge < -0.3 is 10.1 Å². The Morgan fingerprint density at radius 3 is 2.63 bits per heavy atom. The highest BCUT2D eigenvalue weighted by atomic mass is 19.4. The van der Waals surface area contributed by atoms with Crippen molar-refractivity contribution < 1.29 is 27.5 Å². The number of amides is 2. The Kier molecular flexibility index (Phi) is 7.35. The standard InChI is InChI=1S/C18H22F3N3O3/c1-13(11-27-12-18(19,20)21)22-16(25)7-8-17(26)24-10-9-15(23-24)14-5-3-2-4-6-14/h2-6,13H,7-12H2,1H3,(H,22,25). The largest absolute Gasteiger partial charge is 0.411 e. The molecule has 0 saturated heterocycles. The van der Waals surface area contributed by atoms with Crippen LogP contribution in [0.15, 0.2) is 35.4 Å². The van der Waals surface area contributed by atoms with Gasteiger partial charge in [-0.3, -0.25) is 9.59 Å². The first-order chi connectivity index (χ1) is 12.7. The van der Waals surface area contributed by atoms with Crippen molar-refractivity contribution in [3.8, 4) is 0 Å². The van der Waals surface area contributed by atoms with Gasteiger partial charge in [0.05, 0.1) is 18.9 Å². The van der Waals surface area contributed by atoms with Crippen molar-refractivity contribution in [3.63, 3.8) is 0 Å². The molecule has 0 saturated carbocycles. The second-order valence-corrected chi connectivity index (χ2v) is 6.28. The maximum absolute atomic E-state index is 12.2. The molecule has 2 amide bonds. The van der Waals surface area contributed by atoms with Gasteiger partial charge in [-0.25, -0.2) is 5.01 Å². The lowest BCUT2D eigenvalue weighted by atomic mass is 10.1. The van der Waals surface area contributed by atoms with Gasteiger partial charge in [-0.2, -0.15) is 18.3 Å². The Hall–Kier alpha value is -2.42. The van der Waals surface area contributed by atoms with E-state index in [0.717, 1.165) is 11.3 Å². The predicted molar refractivity (Wildman–Crippen MR) is 93.0 cm³/mol. The summed E-state index contributed by atoms with van der Waals surface area (Å²) in [7, 11) is 0. The molecule has 0 radical (unpaired) electrons. The molecule has 148 valence electrons. The fourth-order valence-corrected chi connectivity index (χ4v) is 2.56. The first kappa shape index (κ1) is 20.9. The molecule has 1 N–H and O–H groups in total. The number of alkyl halides is 3. The van der Waals surface area contributed by atoms with Crippen molar-refractivity contribution in [1.29, 1.82) is 0 Å². The van der Waals surface area contributed by atoms with Crippen LogP contribution in [0.4, 0.5) is 13.2 Å². The number of hydrogen-bond donors (Lipinski definition) is 1. The Bertz CT molecular complexity index is 677. The van der Waals surface area contributed by atoms with Crippen LogP contribution < -0.4 is 5.32 Å². The quantitative estimate of drug-likeness (QED) is 0.747. The van der Waals surface area contributed by atoms with Crippen molar-refractivity contribution in [2.24, 2.45) is 5.10 Å². The van der Waals surface area contributed by atoms with Crippen molar-refractivity contribution >= 4 is 17.5 Å². The van der Waals surface area contributed by atoms with Crippen molar-refractivity contribution in [3.05, 3.63) is 35.9 Å². The fraction of sp³-hybridized carbons (Fsp3) is 0.500. The molecule has 0 aliphatic carbocycles. The number of rotatable bonds is 8. The number of carbonyl (C=O) groups is 2. The van der Waals surface area contributed by atoms with Gasteiger partial charge in [-0.15, -0.1) is 0 Å². The zero-order valence-electron chi connectivity index (χ0n) is 15.0. The van der Waals surface area contributed by atoms with Gasteiger partial charge in [-0.1, -0.05) is 30.3 Å². The third-order valence-corrected chi connectivity index (χ3v) is 3.80. The van der Waals surface area contributed by atoms with Gasteiger partial charge in [0, 0.05) is 25.3 Å². The van der Waals surface area contributed by atoms with Gasteiger partial charge in [0.1, 0.15) is 6.61 Å². The molecule has 1 aliphatic heterocycles. The summed E-state index contributed by atoms with van der Waals surface area (Å²) in [6, 6.07) is 8.95. The summed E-state index contributed by atoms with van der Waals surface area (Å²) in [6.45, 7) is 0.387. The van der Waals surface area contributed by atoms with Crippen LogP contribution in [-0.4, -0.2) is 54.5 Å². The lowest BCUT2D eigenvalue weighted by molar-refractivity contribution is -0.175. The summed E-state index contributed by atoms with van der Waals surface area (Å²) in [4.78, 5) is 24.0. The second-order valence-electron chi connectivity index (χ2n) is 6.28. The van der Waals surface area contributed by atoms with Crippen LogP contribution in [0.3, 0.4) is 0 Å². The number of carbonyl (C=O) groups excluding carboxylic acids is 2. The minimum Gasteiger partial charge on any atom is -0.370 e. The molecule has 1 heterocycles. The number of nitrogens with zero attached hydrogens (tertiary/aromatic N) is 2. The lowest BCUT2D eigenvalue weighted by Crippen LogP contribution is -2.37. The van der Waals surface area contributed by atoms with E-state index in [4.69, 9.17) is 0 Å². The fourth-order valence-electron chi connectivity index (χ4n) is 2.56. The van der Waals surface area contributed by atoms with Crippen LogP contribution in [0.2, 0.25) is 0 Å². The molecule has 0 fully saturated rings. The predicted octanol–water partition coefficient (Wildman–Crippen LogP) is 2.49. The van der Waals surface area contributed by atoms with E-state index < -0.39 is 24.7 Å². The van der Waals surface area contributed by atoms with Crippen LogP contribution in [0, 0.1) is 0 Å². The number of nitrogens with one attached hydrogen (secondary N) is 1. The first-order valence-electron chi connectivity index (χ1n) is 8.62. The summed E-state index contributed by atoms with van der Waals surface area (Å²) < 4.78 is 40.5. The van der Waals surface area contributed by atoms with Crippen LogP contribution >= 0.6 is 0 Å². The molecule has 0 aromatic heterocycles. The van der Waals surface area contributed by atoms with Gasteiger partial charge in [0.2, 0.25) is 11.8 Å². The highest BCUT2D eigenvalue weighted by molar-refractivity contribution is 6.02. The van der Waals surface area contributed by atoms with E-state index in [9.17, 15) is 22.8 Å². The molecule has 1 aromatic rings. The normalized spacial score (nSPS) is 15.4. The van der Waals surface area contributed by atoms with E-state index in [2.05, 4.69) is 15.2 Å². The molecule has 9 heteroatoms.